The highest BCUT2D eigenvalue weighted by molar-refractivity contribution is 5.92. The van der Waals surface area contributed by atoms with Crippen LogP contribution in [0, 0.1) is 6.92 Å². The number of carbonyl (C=O) groups excluding carboxylic acids is 3. The predicted octanol–water partition coefficient (Wildman–Crippen LogP) is 5.86. The Hall–Kier alpha value is -3.35. The molecule has 212 valence electrons. The number of rotatable bonds is 10. The first kappa shape index (κ1) is 30.2. The fourth-order valence-corrected chi connectivity index (χ4v) is 5.06. The minimum atomic E-state index is -0.899. The molecule has 0 heterocycles. The van der Waals surface area contributed by atoms with Gasteiger partial charge in [-0.25, -0.2) is 4.79 Å². The van der Waals surface area contributed by atoms with Gasteiger partial charge in [-0.1, -0.05) is 86.3 Å². The lowest BCUT2D eigenvalue weighted by molar-refractivity contribution is -0.142. The molecule has 7 heteroatoms. The normalized spacial score (nSPS) is 15.6. The number of ether oxygens (including phenoxy) is 1. The van der Waals surface area contributed by atoms with Crippen LogP contribution in [0.5, 0.6) is 0 Å². The van der Waals surface area contributed by atoms with Crippen molar-refractivity contribution < 1.29 is 19.1 Å². The predicted molar refractivity (Wildman–Crippen MR) is 154 cm³/mol. The van der Waals surface area contributed by atoms with Crippen LogP contribution < -0.4 is 10.6 Å². The average Bonchev–Trinajstić information content (AvgIpc) is 2.89. The van der Waals surface area contributed by atoms with E-state index >= 15 is 0 Å². The maximum atomic E-state index is 14.3. The van der Waals surface area contributed by atoms with Crippen molar-refractivity contribution >= 4 is 17.9 Å². The molecule has 0 aromatic heterocycles. The largest absolute Gasteiger partial charge is 0.444 e. The molecular weight excluding hydrogens is 490 g/mol. The molecule has 7 nitrogen and oxygen atoms in total. The van der Waals surface area contributed by atoms with Gasteiger partial charge >= 0.3 is 6.09 Å². The first-order valence-electron chi connectivity index (χ1n) is 14.3. The van der Waals surface area contributed by atoms with E-state index in [0.717, 1.165) is 42.4 Å². The third-order valence-corrected chi connectivity index (χ3v) is 6.92. The second-order valence-corrected chi connectivity index (χ2v) is 11.6. The van der Waals surface area contributed by atoms with Crippen molar-refractivity contribution in [1.29, 1.82) is 0 Å². The summed E-state index contributed by atoms with van der Waals surface area (Å²) in [7, 11) is 0. The minimum absolute atomic E-state index is 0.109. The van der Waals surface area contributed by atoms with Crippen molar-refractivity contribution in [3.05, 3.63) is 71.3 Å². The van der Waals surface area contributed by atoms with Crippen LogP contribution in [-0.4, -0.2) is 47.0 Å². The molecule has 39 heavy (non-hydrogen) atoms. The molecule has 3 rings (SSSR count). The van der Waals surface area contributed by atoms with Crippen LogP contribution in [-0.2, 0) is 20.7 Å². The van der Waals surface area contributed by atoms with Crippen LogP contribution in [0.1, 0.15) is 89.0 Å². The van der Waals surface area contributed by atoms with Crippen molar-refractivity contribution in [2.75, 3.05) is 6.54 Å². The van der Waals surface area contributed by atoms with E-state index in [-0.39, 0.29) is 24.3 Å². The summed E-state index contributed by atoms with van der Waals surface area (Å²) in [5, 5.41) is 6.05. The number of carbonyl (C=O) groups is 3. The Labute approximate surface area is 233 Å². The third kappa shape index (κ3) is 9.41. The summed E-state index contributed by atoms with van der Waals surface area (Å²) in [6.45, 7) is 9.71. The second kappa shape index (κ2) is 14.2. The van der Waals surface area contributed by atoms with Gasteiger partial charge in [-0.05, 0) is 58.1 Å². The van der Waals surface area contributed by atoms with Crippen molar-refractivity contribution in [2.24, 2.45) is 0 Å². The SMILES string of the molecule is CCCN(C(=O)C(Cc1ccccc1)NC(=O)OC(C)(C)C)C(C(=O)NC1CCCCC1)c1ccc(C)cc1. The molecule has 2 unspecified atom stereocenters. The van der Waals surface area contributed by atoms with E-state index in [2.05, 4.69) is 10.6 Å². The first-order chi connectivity index (χ1) is 18.6. The zero-order valence-corrected chi connectivity index (χ0v) is 24.2. The summed E-state index contributed by atoms with van der Waals surface area (Å²) >= 11 is 0. The molecule has 1 aliphatic rings. The highest BCUT2D eigenvalue weighted by Gasteiger charge is 2.36. The molecule has 1 aliphatic carbocycles. The quantitative estimate of drug-likeness (QED) is 0.399. The zero-order chi connectivity index (χ0) is 28.4. The summed E-state index contributed by atoms with van der Waals surface area (Å²) in [6.07, 6.45) is 5.56. The maximum Gasteiger partial charge on any atom is 0.408 e. The molecule has 0 radical (unpaired) electrons. The van der Waals surface area contributed by atoms with Gasteiger partial charge in [0.25, 0.3) is 0 Å². The Kier molecular flexibility index (Phi) is 11.0. The van der Waals surface area contributed by atoms with Crippen LogP contribution in [0.4, 0.5) is 4.79 Å². The van der Waals surface area contributed by atoms with E-state index in [4.69, 9.17) is 4.74 Å². The number of nitrogens with zero attached hydrogens (tertiary/aromatic N) is 1. The second-order valence-electron chi connectivity index (χ2n) is 11.6. The minimum Gasteiger partial charge on any atom is -0.444 e. The van der Waals surface area contributed by atoms with Gasteiger partial charge < -0.3 is 20.3 Å². The van der Waals surface area contributed by atoms with Crippen molar-refractivity contribution in [1.82, 2.24) is 15.5 Å². The van der Waals surface area contributed by atoms with E-state index in [0.29, 0.717) is 13.0 Å². The topological polar surface area (TPSA) is 87.7 Å². The molecule has 1 fully saturated rings. The standard InChI is InChI=1S/C32H45N3O4/c1-6-21-35(28(25-19-17-23(2)18-20-25)29(36)33-26-15-11-8-12-16-26)30(37)27(22-24-13-9-7-10-14-24)34-31(38)39-32(3,4)5/h7,9-10,13-14,17-20,26-28H,6,8,11-12,15-16,21-22H2,1-5H3,(H,33,36)(H,34,38). The molecule has 0 aliphatic heterocycles. The molecule has 1 saturated carbocycles. The number of amides is 3. The molecule has 3 amide bonds. The van der Waals surface area contributed by atoms with Crippen LogP contribution in [0.25, 0.3) is 0 Å². The fourth-order valence-electron chi connectivity index (χ4n) is 5.06. The molecular formula is C32H45N3O4. The first-order valence-corrected chi connectivity index (χ1v) is 14.3. The van der Waals surface area contributed by atoms with Crippen LogP contribution in [0.3, 0.4) is 0 Å². The summed E-state index contributed by atoms with van der Waals surface area (Å²) in [5.74, 6) is -0.487. The van der Waals surface area contributed by atoms with Gasteiger partial charge in [0.2, 0.25) is 11.8 Å². The Morgan fingerprint density at radius 3 is 2.21 bits per heavy atom. The Morgan fingerprint density at radius 2 is 1.62 bits per heavy atom. The number of hydrogen-bond acceptors (Lipinski definition) is 4. The molecule has 2 atom stereocenters. The number of benzene rings is 2. The van der Waals surface area contributed by atoms with Crippen LogP contribution >= 0.6 is 0 Å². The number of aryl methyl sites for hydroxylation is 1. The smallest absolute Gasteiger partial charge is 0.408 e. The zero-order valence-electron chi connectivity index (χ0n) is 24.2. The monoisotopic (exact) mass is 535 g/mol. The fraction of sp³-hybridized carbons (Fsp3) is 0.531. The summed E-state index contributed by atoms with van der Waals surface area (Å²) < 4.78 is 5.50. The molecule has 0 bridgehead atoms. The van der Waals surface area contributed by atoms with E-state index < -0.39 is 23.8 Å². The van der Waals surface area contributed by atoms with Crippen LogP contribution in [0.2, 0.25) is 0 Å². The lowest BCUT2D eigenvalue weighted by Crippen LogP contribution is -2.54. The molecule has 0 spiro atoms. The highest BCUT2D eigenvalue weighted by atomic mass is 16.6. The van der Waals surface area contributed by atoms with E-state index in [1.165, 1.54) is 6.42 Å². The highest BCUT2D eigenvalue weighted by Crippen LogP contribution is 2.26. The van der Waals surface area contributed by atoms with Gasteiger partial charge in [0.1, 0.15) is 17.7 Å². The van der Waals surface area contributed by atoms with E-state index in [1.807, 2.05) is 68.4 Å². The van der Waals surface area contributed by atoms with Gasteiger partial charge in [0, 0.05) is 19.0 Å². The van der Waals surface area contributed by atoms with Crippen molar-refractivity contribution in [3.63, 3.8) is 0 Å². The molecule has 2 aromatic carbocycles. The third-order valence-electron chi connectivity index (χ3n) is 6.92. The molecule has 2 N–H and O–H groups in total. The molecule has 0 saturated heterocycles. The summed E-state index contributed by atoms with van der Waals surface area (Å²) in [6, 6.07) is 15.7. The van der Waals surface area contributed by atoms with Gasteiger partial charge in [-0.2, -0.15) is 0 Å². The Morgan fingerprint density at radius 1 is 0.974 bits per heavy atom. The van der Waals surface area contributed by atoms with Gasteiger partial charge in [-0.15, -0.1) is 0 Å². The van der Waals surface area contributed by atoms with Crippen molar-refractivity contribution in [3.8, 4) is 0 Å². The van der Waals surface area contributed by atoms with E-state index in [1.54, 1.807) is 25.7 Å². The van der Waals surface area contributed by atoms with Gasteiger partial charge in [0.15, 0.2) is 0 Å². The molecule has 2 aromatic rings. The lowest BCUT2D eigenvalue weighted by Gasteiger charge is -2.35. The van der Waals surface area contributed by atoms with Gasteiger partial charge in [0.05, 0.1) is 0 Å². The number of alkyl carbamates (subject to hydrolysis) is 1. The lowest BCUT2D eigenvalue weighted by atomic mass is 9.94. The number of hydrogen-bond donors (Lipinski definition) is 2. The Bertz CT molecular complexity index is 1070. The average molecular weight is 536 g/mol. The van der Waals surface area contributed by atoms with Crippen molar-refractivity contribution in [2.45, 2.75) is 103 Å². The van der Waals surface area contributed by atoms with Gasteiger partial charge in [-0.3, -0.25) is 9.59 Å². The van der Waals surface area contributed by atoms with E-state index in [9.17, 15) is 14.4 Å². The Balaban J connectivity index is 1.96. The van der Waals surface area contributed by atoms with Crippen LogP contribution in [0.15, 0.2) is 54.6 Å². The number of nitrogens with one attached hydrogen (secondary N) is 2. The summed E-state index contributed by atoms with van der Waals surface area (Å²) in [4.78, 5) is 42.7. The summed E-state index contributed by atoms with van der Waals surface area (Å²) in [5.41, 5.74) is 2.03. The maximum absolute atomic E-state index is 14.3.